The van der Waals surface area contributed by atoms with Crippen LogP contribution in [0.1, 0.15) is 12.8 Å². The minimum Gasteiger partial charge on any atom is -0.396 e. The predicted octanol–water partition coefficient (Wildman–Crippen LogP) is 2.66. The van der Waals surface area contributed by atoms with Crippen molar-refractivity contribution in [3.8, 4) is 0 Å². The molecule has 1 atom stereocenters. The summed E-state index contributed by atoms with van der Waals surface area (Å²) in [7, 11) is 0. The average Bonchev–Trinajstić information content (AvgIpc) is 2.68. The van der Waals surface area contributed by atoms with E-state index >= 15 is 0 Å². The smallest absolute Gasteiger partial charge is 0.0510 e. The number of anilines is 1. The normalized spacial score (nSPS) is 20.9. The highest BCUT2D eigenvalue weighted by Crippen LogP contribution is 2.31. The van der Waals surface area contributed by atoms with Gasteiger partial charge in [-0.2, -0.15) is 0 Å². The molecule has 0 spiro atoms. The molecule has 0 bridgehead atoms. The van der Waals surface area contributed by atoms with E-state index in [0.29, 0.717) is 12.5 Å². The van der Waals surface area contributed by atoms with E-state index in [1.165, 1.54) is 12.1 Å². The van der Waals surface area contributed by atoms with Crippen LogP contribution in [0.25, 0.3) is 0 Å². The van der Waals surface area contributed by atoms with Gasteiger partial charge in [0.05, 0.1) is 5.69 Å². The second-order valence-electron chi connectivity index (χ2n) is 4.06. The number of aliphatic hydroxyl groups is 1. The summed E-state index contributed by atoms with van der Waals surface area (Å²) < 4.78 is 1.16. The van der Waals surface area contributed by atoms with Crippen molar-refractivity contribution in [3.05, 3.63) is 28.7 Å². The van der Waals surface area contributed by atoms with E-state index in [1.54, 1.807) is 0 Å². The third kappa shape index (κ3) is 2.52. The molecular formula is C12H16BrNO. The maximum Gasteiger partial charge on any atom is 0.0510 e. The molecule has 0 radical (unpaired) electrons. The van der Waals surface area contributed by atoms with Gasteiger partial charge in [0.15, 0.2) is 0 Å². The first-order chi connectivity index (χ1) is 7.31. The highest BCUT2D eigenvalue weighted by molar-refractivity contribution is 9.10. The van der Waals surface area contributed by atoms with E-state index in [4.69, 9.17) is 5.11 Å². The quantitative estimate of drug-likeness (QED) is 0.912. The Morgan fingerprint density at radius 1 is 1.40 bits per heavy atom. The average molecular weight is 270 g/mol. The largest absolute Gasteiger partial charge is 0.396 e. The van der Waals surface area contributed by atoms with Crippen molar-refractivity contribution in [2.45, 2.75) is 12.8 Å². The van der Waals surface area contributed by atoms with Crippen molar-refractivity contribution in [1.82, 2.24) is 0 Å². The molecular weight excluding hydrogens is 254 g/mol. The Labute approximate surface area is 99.0 Å². The van der Waals surface area contributed by atoms with Crippen LogP contribution in [0, 0.1) is 5.92 Å². The van der Waals surface area contributed by atoms with E-state index in [0.717, 1.165) is 24.0 Å². The van der Waals surface area contributed by atoms with Crippen LogP contribution in [0.3, 0.4) is 0 Å². The van der Waals surface area contributed by atoms with Gasteiger partial charge in [-0.1, -0.05) is 12.1 Å². The Kier molecular flexibility index (Phi) is 3.65. The molecule has 15 heavy (non-hydrogen) atoms. The van der Waals surface area contributed by atoms with Crippen LogP contribution in [0.4, 0.5) is 5.69 Å². The summed E-state index contributed by atoms with van der Waals surface area (Å²) in [4.78, 5) is 2.39. The SMILES string of the molecule is OCCC1CCN(c2ccccc2Br)C1. The van der Waals surface area contributed by atoms with Crippen molar-refractivity contribution in [1.29, 1.82) is 0 Å². The molecule has 1 aliphatic rings. The van der Waals surface area contributed by atoms with Crippen LogP contribution in [-0.2, 0) is 0 Å². The zero-order chi connectivity index (χ0) is 10.7. The summed E-state index contributed by atoms with van der Waals surface area (Å²) in [6, 6.07) is 8.33. The molecule has 1 aromatic carbocycles. The second-order valence-corrected chi connectivity index (χ2v) is 4.92. The van der Waals surface area contributed by atoms with E-state index in [-0.39, 0.29) is 0 Å². The lowest BCUT2D eigenvalue weighted by Gasteiger charge is -2.20. The van der Waals surface area contributed by atoms with Crippen LogP contribution >= 0.6 is 15.9 Å². The van der Waals surface area contributed by atoms with Gasteiger partial charge >= 0.3 is 0 Å². The first-order valence-corrected chi connectivity index (χ1v) is 6.21. The highest BCUT2D eigenvalue weighted by Gasteiger charge is 2.22. The Bertz CT molecular complexity index is 329. The molecule has 1 saturated heterocycles. The summed E-state index contributed by atoms with van der Waals surface area (Å²) in [5, 5.41) is 8.91. The van der Waals surface area contributed by atoms with E-state index in [9.17, 15) is 0 Å². The van der Waals surface area contributed by atoms with Crippen LogP contribution in [0.15, 0.2) is 28.7 Å². The van der Waals surface area contributed by atoms with Gasteiger partial charge in [0.25, 0.3) is 0 Å². The summed E-state index contributed by atoms with van der Waals surface area (Å²) in [5.74, 6) is 0.655. The van der Waals surface area contributed by atoms with Crippen LogP contribution in [0.2, 0.25) is 0 Å². The molecule has 0 saturated carbocycles. The number of aliphatic hydroxyl groups excluding tert-OH is 1. The fourth-order valence-corrected chi connectivity index (χ4v) is 2.71. The second kappa shape index (κ2) is 4.99. The molecule has 0 aromatic heterocycles. The van der Waals surface area contributed by atoms with Gasteiger partial charge in [-0.25, -0.2) is 0 Å². The Balaban J connectivity index is 2.04. The Hall–Kier alpha value is -0.540. The minimum atomic E-state index is 0.314. The highest BCUT2D eigenvalue weighted by atomic mass is 79.9. The molecule has 2 rings (SSSR count). The van der Waals surface area contributed by atoms with Crippen LogP contribution in [-0.4, -0.2) is 24.8 Å². The molecule has 1 aromatic rings. The maximum atomic E-state index is 8.91. The molecule has 3 heteroatoms. The topological polar surface area (TPSA) is 23.5 Å². The van der Waals surface area contributed by atoms with Gasteiger partial charge in [-0.05, 0) is 46.8 Å². The van der Waals surface area contributed by atoms with E-state index in [1.807, 2.05) is 6.07 Å². The lowest BCUT2D eigenvalue weighted by Crippen LogP contribution is -2.20. The van der Waals surface area contributed by atoms with Crippen molar-refractivity contribution >= 4 is 21.6 Å². The van der Waals surface area contributed by atoms with Crippen molar-refractivity contribution < 1.29 is 5.11 Å². The van der Waals surface area contributed by atoms with Gasteiger partial charge in [0.2, 0.25) is 0 Å². The molecule has 1 aliphatic heterocycles. The number of hydrogen-bond donors (Lipinski definition) is 1. The first kappa shape index (κ1) is 11.0. The summed E-state index contributed by atoms with van der Waals surface area (Å²) in [6.07, 6.45) is 2.13. The van der Waals surface area contributed by atoms with Gasteiger partial charge in [0.1, 0.15) is 0 Å². The Morgan fingerprint density at radius 2 is 2.20 bits per heavy atom. The standard InChI is InChI=1S/C12H16BrNO/c13-11-3-1-2-4-12(11)14-7-5-10(9-14)6-8-15/h1-4,10,15H,5-9H2. The minimum absolute atomic E-state index is 0.314. The molecule has 1 N–H and O–H groups in total. The van der Waals surface area contributed by atoms with Gasteiger partial charge in [0, 0.05) is 24.2 Å². The molecule has 1 unspecified atom stereocenters. The van der Waals surface area contributed by atoms with Crippen LogP contribution in [0.5, 0.6) is 0 Å². The first-order valence-electron chi connectivity index (χ1n) is 5.41. The lowest BCUT2D eigenvalue weighted by atomic mass is 10.1. The summed E-state index contributed by atoms with van der Waals surface area (Å²) >= 11 is 3.57. The van der Waals surface area contributed by atoms with Crippen molar-refractivity contribution in [3.63, 3.8) is 0 Å². The molecule has 1 heterocycles. The monoisotopic (exact) mass is 269 g/mol. The molecule has 82 valence electrons. The molecule has 1 fully saturated rings. The van der Waals surface area contributed by atoms with Gasteiger partial charge in [-0.3, -0.25) is 0 Å². The Morgan fingerprint density at radius 3 is 2.93 bits per heavy atom. The zero-order valence-corrected chi connectivity index (χ0v) is 10.3. The fraction of sp³-hybridized carbons (Fsp3) is 0.500. The molecule has 2 nitrogen and oxygen atoms in total. The summed E-state index contributed by atoms with van der Waals surface area (Å²) in [6.45, 7) is 2.49. The van der Waals surface area contributed by atoms with Crippen molar-refractivity contribution in [2.75, 3.05) is 24.6 Å². The number of rotatable bonds is 3. The third-order valence-electron chi connectivity index (χ3n) is 3.02. The van der Waals surface area contributed by atoms with Crippen LogP contribution < -0.4 is 4.90 Å². The third-order valence-corrected chi connectivity index (χ3v) is 3.69. The van der Waals surface area contributed by atoms with Gasteiger partial charge < -0.3 is 10.0 Å². The number of benzene rings is 1. The van der Waals surface area contributed by atoms with Crippen molar-refractivity contribution in [2.24, 2.45) is 5.92 Å². The predicted molar refractivity (Wildman–Crippen MR) is 66.2 cm³/mol. The number of hydrogen-bond acceptors (Lipinski definition) is 2. The fourth-order valence-electron chi connectivity index (χ4n) is 2.18. The van der Waals surface area contributed by atoms with E-state index < -0.39 is 0 Å². The number of para-hydroxylation sites is 1. The molecule has 0 aliphatic carbocycles. The summed E-state index contributed by atoms with van der Waals surface area (Å²) in [5.41, 5.74) is 1.28. The zero-order valence-electron chi connectivity index (χ0n) is 8.69. The number of halogens is 1. The lowest BCUT2D eigenvalue weighted by molar-refractivity contribution is 0.263. The van der Waals surface area contributed by atoms with Gasteiger partial charge in [-0.15, -0.1) is 0 Å². The maximum absolute atomic E-state index is 8.91. The number of nitrogens with zero attached hydrogens (tertiary/aromatic N) is 1. The molecule has 0 amide bonds. The van der Waals surface area contributed by atoms with E-state index in [2.05, 4.69) is 39.0 Å².